The number of carbonyl (C=O) groups excluding carboxylic acids is 1. The van der Waals surface area contributed by atoms with Crippen LogP contribution in [0.25, 0.3) is 0 Å². The summed E-state index contributed by atoms with van der Waals surface area (Å²) >= 11 is 0. The van der Waals surface area contributed by atoms with Crippen LogP contribution in [0.1, 0.15) is 29.5 Å². The fourth-order valence-corrected chi connectivity index (χ4v) is 1.01. The number of nitrogens with zero attached hydrogens (tertiary/aromatic N) is 1. The first-order chi connectivity index (χ1) is 6.61. The third-order valence-corrected chi connectivity index (χ3v) is 1.84. The molecule has 78 valence electrons. The standard InChI is InChI=1S/C9H14N2O3/c1-6(12)3-4-10-9(13)8-5-11-14-7(8)2/h5-6,12H,3-4H2,1-2H3,(H,10,13). The molecule has 1 rings (SSSR count). The van der Waals surface area contributed by atoms with Gasteiger partial charge in [-0.3, -0.25) is 4.79 Å². The van der Waals surface area contributed by atoms with Gasteiger partial charge in [0, 0.05) is 6.54 Å². The van der Waals surface area contributed by atoms with Crippen molar-refractivity contribution in [2.75, 3.05) is 6.54 Å². The highest BCUT2D eigenvalue weighted by atomic mass is 16.5. The Labute approximate surface area is 82.1 Å². The minimum atomic E-state index is -0.404. The molecule has 1 heterocycles. The predicted molar refractivity (Wildman–Crippen MR) is 49.9 cm³/mol. The van der Waals surface area contributed by atoms with Crippen LogP contribution < -0.4 is 5.32 Å². The molecule has 0 spiro atoms. The van der Waals surface area contributed by atoms with Gasteiger partial charge in [-0.05, 0) is 20.3 Å². The van der Waals surface area contributed by atoms with Crippen molar-refractivity contribution in [1.29, 1.82) is 0 Å². The first-order valence-electron chi connectivity index (χ1n) is 4.49. The molecule has 5 heteroatoms. The first kappa shape index (κ1) is 10.7. The van der Waals surface area contributed by atoms with E-state index in [1.807, 2.05) is 0 Å². The summed E-state index contributed by atoms with van der Waals surface area (Å²) < 4.78 is 4.75. The van der Waals surface area contributed by atoms with Crippen molar-refractivity contribution in [3.05, 3.63) is 17.5 Å². The summed E-state index contributed by atoms with van der Waals surface area (Å²) in [6.07, 6.45) is 1.52. The fourth-order valence-electron chi connectivity index (χ4n) is 1.01. The zero-order chi connectivity index (χ0) is 10.6. The number of rotatable bonds is 4. The Morgan fingerprint density at radius 3 is 3.00 bits per heavy atom. The van der Waals surface area contributed by atoms with Crippen molar-refractivity contribution in [2.45, 2.75) is 26.4 Å². The van der Waals surface area contributed by atoms with Gasteiger partial charge in [-0.2, -0.15) is 0 Å². The number of amides is 1. The van der Waals surface area contributed by atoms with Gasteiger partial charge >= 0.3 is 0 Å². The smallest absolute Gasteiger partial charge is 0.256 e. The van der Waals surface area contributed by atoms with Crippen molar-refractivity contribution in [1.82, 2.24) is 10.5 Å². The Balaban J connectivity index is 2.40. The van der Waals surface area contributed by atoms with E-state index in [-0.39, 0.29) is 5.91 Å². The number of hydrogen-bond donors (Lipinski definition) is 2. The van der Waals surface area contributed by atoms with Crippen molar-refractivity contribution < 1.29 is 14.4 Å². The second kappa shape index (κ2) is 4.76. The largest absolute Gasteiger partial charge is 0.393 e. The van der Waals surface area contributed by atoms with Gasteiger partial charge in [0.15, 0.2) is 0 Å². The number of carbonyl (C=O) groups is 1. The van der Waals surface area contributed by atoms with E-state index in [4.69, 9.17) is 9.63 Å². The van der Waals surface area contributed by atoms with E-state index in [1.165, 1.54) is 6.20 Å². The molecule has 5 nitrogen and oxygen atoms in total. The molecule has 0 aliphatic rings. The maximum absolute atomic E-state index is 11.4. The van der Waals surface area contributed by atoms with E-state index < -0.39 is 6.10 Å². The monoisotopic (exact) mass is 198 g/mol. The van der Waals surface area contributed by atoms with Crippen molar-refractivity contribution in [3.63, 3.8) is 0 Å². The van der Waals surface area contributed by atoms with Gasteiger partial charge < -0.3 is 14.9 Å². The van der Waals surface area contributed by atoms with Gasteiger partial charge in [-0.15, -0.1) is 0 Å². The van der Waals surface area contributed by atoms with Gasteiger partial charge in [-0.25, -0.2) is 0 Å². The second-order valence-corrected chi connectivity index (χ2v) is 3.19. The van der Waals surface area contributed by atoms with Crippen LogP contribution >= 0.6 is 0 Å². The van der Waals surface area contributed by atoms with Crippen LogP contribution in [0.3, 0.4) is 0 Å². The van der Waals surface area contributed by atoms with Gasteiger partial charge in [0.1, 0.15) is 11.3 Å². The molecule has 2 N–H and O–H groups in total. The van der Waals surface area contributed by atoms with E-state index >= 15 is 0 Å². The number of aliphatic hydroxyl groups is 1. The van der Waals surface area contributed by atoms with Gasteiger partial charge in [0.05, 0.1) is 12.3 Å². The van der Waals surface area contributed by atoms with E-state index in [9.17, 15) is 4.79 Å². The van der Waals surface area contributed by atoms with Gasteiger partial charge in [-0.1, -0.05) is 5.16 Å². The van der Waals surface area contributed by atoms with Crippen molar-refractivity contribution in [2.24, 2.45) is 0 Å². The summed E-state index contributed by atoms with van der Waals surface area (Å²) in [5.41, 5.74) is 0.440. The molecule has 0 bridgehead atoms. The quantitative estimate of drug-likeness (QED) is 0.738. The van der Waals surface area contributed by atoms with Gasteiger partial charge in [0.2, 0.25) is 0 Å². The Morgan fingerprint density at radius 1 is 1.79 bits per heavy atom. The zero-order valence-corrected chi connectivity index (χ0v) is 8.28. The molecule has 1 aromatic rings. The third-order valence-electron chi connectivity index (χ3n) is 1.84. The lowest BCUT2D eigenvalue weighted by Gasteiger charge is -2.05. The Bertz CT molecular complexity index is 307. The molecule has 1 atom stereocenters. The number of aromatic nitrogens is 1. The number of aryl methyl sites for hydroxylation is 1. The number of nitrogens with one attached hydrogen (secondary N) is 1. The molecule has 0 fully saturated rings. The highest BCUT2D eigenvalue weighted by Crippen LogP contribution is 2.04. The zero-order valence-electron chi connectivity index (χ0n) is 8.28. The second-order valence-electron chi connectivity index (χ2n) is 3.19. The SMILES string of the molecule is Cc1oncc1C(=O)NCCC(C)O. The first-order valence-corrected chi connectivity index (χ1v) is 4.49. The molecular weight excluding hydrogens is 184 g/mol. The van der Waals surface area contributed by atoms with Gasteiger partial charge in [0.25, 0.3) is 5.91 Å². The van der Waals surface area contributed by atoms with E-state index in [0.717, 1.165) is 0 Å². The highest BCUT2D eigenvalue weighted by Gasteiger charge is 2.11. The van der Waals surface area contributed by atoms with Crippen LogP contribution in [-0.2, 0) is 0 Å². The maximum atomic E-state index is 11.4. The number of aliphatic hydroxyl groups excluding tert-OH is 1. The molecule has 0 saturated carbocycles. The summed E-state index contributed by atoms with van der Waals surface area (Å²) in [5.74, 6) is 0.281. The van der Waals surface area contributed by atoms with Crippen LogP contribution in [0.15, 0.2) is 10.7 Å². The molecule has 1 aromatic heterocycles. The third kappa shape index (κ3) is 2.85. The average Bonchev–Trinajstić information content (AvgIpc) is 2.50. The molecule has 14 heavy (non-hydrogen) atoms. The Morgan fingerprint density at radius 2 is 2.50 bits per heavy atom. The molecule has 1 unspecified atom stereocenters. The summed E-state index contributed by atoms with van der Waals surface area (Å²) in [4.78, 5) is 11.4. The molecule has 1 amide bonds. The van der Waals surface area contributed by atoms with Crippen LogP contribution in [-0.4, -0.2) is 28.8 Å². The van der Waals surface area contributed by atoms with E-state index in [0.29, 0.717) is 24.3 Å². The fraction of sp³-hybridized carbons (Fsp3) is 0.556. The maximum Gasteiger partial charge on any atom is 0.256 e. The van der Waals surface area contributed by atoms with Crippen LogP contribution in [0.5, 0.6) is 0 Å². The Kier molecular flexibility index (Phi) is 3.64. The Hall–Kier alpha value is -1.36. The van der Waals surface area contributed by atoms with Crippen molar-refractivity contribution >= 4 is 5.91 Å². The lowest BCUT2D eigenvalue weighted by molar-refractivity contribution is 0.0944. The molecule has 0 aliphatic heterocycles. The van der Waals surface area contributed by atoms with Crippen LogP contribution in [0, 0.1) is 6.92 Å². The number of hydrogen-bond acceptors (Lipinski definition) is 4. The van der Waals surface area contributed by atoms with Crippen molar-refractivity contribution in [3.8, 4) is 0 Å². The molecule has 0 radical (unpaired) electrons. The topological polar surface area (TPSA) is 75.4 Å². The lowest BCUT2D eigenvalue weighted by Crippen LogP contribution is -2.26. The molecule has 0 saturated heterocycles. The molecule has 0 aromatic carbocycles. The van der Waals surface area contributed by atoms with E-state index in [1.54, 1.807) is 13.8 Å². The van der Waals surface area contributed by atoms with Crippen LogP contribution in [0.2, 0.25) is 0 Å². The molecular formula is C9H14N2O3. The highest BCUT2D eigenvalue weighted by molar-refractivity contribution is 5.94. The average molecular weight is 198 g/mol. The minimum Gasteiger partial charge on any atom is -0.393 e. The minimum absolute atomic E-state index is 0.218. The van der Waals surface area contributed by atoms with Crippen LogP contribution in [0.4, 0.5) is 0 Å². The summed E-state index contributed by atoms with van der Waals surface area (Å²) in [7, 11) is 0. The molecule has 0 aliphatic carbocycles. The summed E-state index contributed by atoms with van der Waals surface area (Å²) in [6.45, 7) is 3.80. The predicted octanol–water partition coefficient (Wildman–Crippen LogP) is 0.484. The normalized spacial score (nSPS) is 12.5. The lowest BCUT2D eigenvalue weighted by atomic mass is 10.2. The summed E-state index contributed by atoms with van der Waals surface area (Å²) in [6, 6.07) is 0. The van der Waals surface area contributed by atoms with E-state index in [2.05, 4.69) is 10.5 Å². The summed E-state index contributed by atoms with van der Waals surface area (Å²) in [5, 5.41) is 15.1.